The second-order valence-electron chi connectivity index (χ2n) is 5.98. The van der Waals surface area contributed by atoms with E-state index in [0.717, 1.165) is 23.3 Å². The molecule has 1 fully saturated rings. The maximum Gasteiger partial charge on any atom is 0.306 e. The van der Waals surface area contributed by atoms with Gasteiger partial charge >= 0.3 is 5.97 Å². The van der Waals surface area contributed by atoms with Gasteiger partial charge < -0.3 is 15.2 Å². The summed E-state index contributed by atoms with van der Waals surface area (Å²) in [6.07, 6.45) is 2.18. The summed E-state index contributed by atoms with van der Waals surface area (Å²) in [5.41, 5.74) is 2.17. The molecule has 2 atom stereocenters. The summed E-state index contributed by atoms with van der Waals surface area (Å²) in [6.45, 7) is 4.29. The fourth-order valence-electron chi connectivity index (χ4n) is 2.75. The summed E-state index contributed by atoms with van der Waals surface area (Å²) < 4.78 is 5.66. The molecular formula is C17H23NO4. The van der Waals surface area contributed by atoms with Crippen molar-refractivity contribution < 1.29 is 19.4 Å². The first-order chi connectivity index (χ1) is 10.5. The van der Waals surface area contributed by atoms with Gasteiger partial charge in [-0.3, -0.25) is 9.59 Å². The average molecular weight is 305 g/mol. The molecule has 2 N–H and O–H groups in total. The van der Waals surface area contributed by atoms with Crippen LogP contribution < -0.4 is 10.1 Å². The van der Waals surface area contributed by atoms with Crippen molar-refractivity contribution in [3.8, 4) is 5.75 Å². The lowest BCUT2D eigenvalue weighted by Crippen LogP contribution is -2.34. The first kappa shape index (κ1) is 16.3. The Labute approximate surface area is 130 Å². The first-order valence-electron chi connectivity index (χ1n) is 7.68. The van der Waals surface area contributed by atoms with E-state index in [2.05, 4.69) is 5.32 Å². The van der Waals surface area contributed by atoms with E-state index in [0.29, 0.717) is 19.4 Å². The van der Waals surface area contributed by atoms with Gasteiger partial charge in [0.1, 0.15) is 5.75 Å². The van der Waals surface area contributed by atoms with Gasteiger partial charge in [-0.1, -0.05) is 12.1 Å². The van der Waals surface area contributed by atoms with Gasteiger partial charge in [-0.05, 0) is 50.3 Å². The maximum atomic E-state index is 11.9. The third-order valence-electron chi connectivity index (χ3n) is 4.08. The molecule has 0 radical (unpaired) electrons. The number of aryl methyl sites for hydroxylation is 2. The highest BCUT2D eigenvalue weighted by Crippen LogP contribution is 2.25. The zero-order chi connectivity index (χ0) is 16.1. The highest BCUT2D eigenvalue weighted by Gasteiger charge is 2.30. The number of rotatable bonds is 6. The number of nitrogens with one attached hydrogen (secondary N) is 1. The van der Waals surface area contributed by atoms with Crippen molar-refractivity contribution in [3.63, 3.8) is 0 Å². The second kappa shape index (κ2) is 7.29. The number of hydrogen-bond donors (Lipinski definition) is 2. The smallest absolute Gasteiger partial charge is 0.306 e. The molecule has 1 aromatic carbocycles. The molecule has 0 spiro atoms. The Morgan fingerprint density at radius 3 is 2.77 bits per heavy atom. The summed E-state index contributed by atoms with van der Waals surface area (Å²) in [7, 11) is 0. The van der Waals surface area contributed by atoms with E-state index < -0.39 is 5.97 Å². The van der Waals surface area contributed by atoms with Crippen LogP contribution in [0, 0.1) is 19.8 Å². The van der Waals surface area contributed by atoms with E-state index in [1.807, 2.05) is 32.0 Å². The van der Waals surface area contributed by atoms with Gasteiger partial charge in [-0.2, -0.15) is 0 Å². The Kier molecular flexibility index (Phi) is 5.41. The number of carbonyl (C=O) groups is 2. The van der Waals surface area contributed by atoms with E-state index in [4.69, 9.17) is 9.84 Å². The summed E-state index contributed by atoms with van der Waals surface area (Å²) in [5, 5.41) is 11.8. The minimum absolute atomic E-state index is 0.0192. The molecule has 0 aromatic heterocycles. The van der Waals surface area contributed by atoms with E-state index in [1.165, 1.54) is 0 Å². The molecule has 1 saturated carbocycles. The topological polar surface area (TPSA) is 75.6 Å². The molecule has 1 aliphatic carbocycles. The van der Waals surface area contributed by atoms with E-state index in [1.54, 1.807) is 0 Å². The second-order valence-corrected chi connectivity index (χ2v) is 5.98. The third kappa shape index (κ3) is 4.48. The first-order valence-corrected chi connectivity index (χ1v) is 7.68. The normalized spacial score (nSPS) is 20.6. The Hall–Kier alpha value is -2.04. The molecule has 0 unspecified atom stereocenters. The van der Waals surface area contributed by atoms with Crippen LogP contribution in [0.4, 0.5) is 0 Å². The van der Waals surface area contributed by atoms with Gasteiger partial charge in [0.05, 0.1) is 18.9 Å². The Morgan fingerprint density at radius 1 is 1.32 bits per heavy atom. The lowest BCUT2D eigenvalue weighted by atomic mass is 10.1. The highest BCUT2D eigenvalue weighted by atomic mass is 16.5. The number of benzene rings is 1. The quantitative estimate of drug-likeness (QED) is 0.846. The molecule has 5 heteroatoms. The largest absolute Gasteiger partial charge is 0.493 e. The van der Waals surface area contributed by atoms with E-state index in [-0.39, 0.29) is 24.3 Å². The van der Waals surface area contributed by atoms with Crippen molar-refractivity contribution in [3.05, 3.63) is 29.3 Å². The van der Waals surface area contributed by atoms with E-state index >= 15 is 0 Å². The number of ether oxygens (including phenoxy) is 1. The van der Waals surface area contributed by atoms with Crippen LogP contribution >= 0.6 is 0 Å². The molecule has 1 aromatic rings. The standard InChI is InChI=1S/C17H23NO4/c1-11-3-4-12(2)15(9-11)22-8-7-16(19)18-14-6-5-13(10-14)17(20)21/h3-4,9,13-14H,5-8,10H2,1-2H3,(H,18,19)(H,20,21)/t13-,14+/m0/s1. The summed E-state index contributed by atoms with van der Waals surface area (Å²) in [5.74, 6) is -0.368. The zero-order valence-corrected chi connectivity index (χ0v) is 13.1. The molecular weight excluding hydrogens is 282 g/mol. The summed E-state index contributed by atoms with van der Waals surface area (Å²) in [4.78, 5) is 22.8. The van der Waals surface area contributed by atoms with Gasteiger partial charge in [-0.25, -0.2) is 0 Å². The molecule has 120 valence electrons. The molecule has 1 amide bonds. The molecule has 2 rings (SSSR count). The molecule has 0 heterocycles. The van der Waals surface area contributed by atoms with Crippen LogP contribution in [0.1, 0.15) is 36.8 Å². The Bertz CT molecular complexity index is 556. The molecule has 0 aliphatic heterocycles. The predicted octanol–water partition coefficient (Wildman–Crippen LogP) is 2.44. The molecule has 0 bridgehead atoms. The molecule has 1 aliphatic rings. The number of carboxylic acid groups (broad SMARTS) is 1. The van der Waals surface area contributed by atoms with Crippen molar-refractivity contribution in [1.29, 1.82) is 0 Å². The summed E-state index contributed by atoms with van der Waals surface area (Å²) >= 11 is 0. The lowest BCUT2D eigenvalue weighted by Gasteiger charge is -2.13. The summed E-state index contributed by atoms with van der Waals surface area (Å²) in [6, 6.07) is 5.96. The van der Waals surface area contributed by atoms with Gasteiger partial charge in [0.2, 0.25) is 5.91 Å². The van der Waals surface area contributed by atoms with Crippen LogP contribution in [0.2, 0.25) is 0 Å². The van der Waals surface area contributed by atoms with Gasteiger partial charge in [-0.15, -0.1) is 0 Å². The third-order valence-corrected chi connectivity index (χ3v) is 4.08. The van der Waals surface area contributed by atoms with Crippen LogP contribution in [0.5, 0.6) is 5.75 Å². The van der Waals surface area contributed by atoms with Crippen molar-refractivity contribution in [2.75, 3.05) is 6.61 Å². The molecule has 0 saturated heterocycles. The fraction of sp³-hybridized carbons (Fsp3) is 0.529. The van der Waals surface area contributed by atoms with Gasteiger partial charge in [0.15, 0.2) is 0 Å². The van der Waals surface area contributed by atoms with Crippen LogP contribution in [-0.4, -0.2) is 29.6 Å². The Balaban J connectivity index is 1.72. The molecule has 5 nitrogen and oxygen atoms in total. The minimum atomic E-state index is -0.769. The van der Waals surface area contributed by atoms with Gasteiger partial charge in [0.25, 0.3) is 0 Å². The fourth-order valence-corrected chi connectivity index (χ4v) is 2.75. The number of carboxylic acids is 1. The number of hydrogen-bond acceptors (Lipinski definition) is 3. The van der Waals surface area contributed by atoms with Crippen molar-refractivity contribution in [2.24, 2.45) is 5.92 Å². The van der Waals surface area contributed by atoms with Crippen molar-refractivity contribution in [1.82, 2.24) is 5.32 Å². The number of carbonyl (C=O) groups excluding carboxylic acids is 1. The van der Waals surface area contributed by atoms with Crippen LogP contribution in [0.15, 0.2) is 18.2 Å². The predicted molar refractivity (Wildman–Crippen MR) is 82.9 cm³/mol. The highest BCUT2D eigenvalue weighted by molar-refractivity contribution is 5.77. The maximum absolute atomic E-state index is 11.9. The zero-order valence-electron chi connectivity index (χ0n) is 13.1. The van der Waals surface area contributed by atoms with Crippen LogP contribution in [0.3, 0.4) is 0 Å². The van der Waals surface area contributed by atoms with E-state index in [9.17, 15) is 9.59 Å². The van der Waals surface area contributed by atoms with Gasteiger partial charge in [0, 0.05) is 6.04 Å². The monoisotopic (exact) mass is 305 g/mol. The number of amides is 1. The average Bonchev–Trinajstić information content (AvgIpc) is 2.91. The lowest BCUT2D eigenvalue weighted by molar-refractivity contribution is -0.141. The van der Waals surface area contributed by atoms with Crippen LogP contribution in [-0.2, 0) is 9.59 Å². The Morgan fingerprint density at radius 2 is 2.09 bits per heavy atom. The van der Waals surface area contributed by atoms with Crippen molar-refractivity contribution in [2.45, 2.75) is 45.6 Å². The molecule has 22 heavy (non-hydrogen) atoms. The van der Waals surface area contributed by atoms with Crippen LogP contribution in [0.25, 0.3) is 0 Å². The number of aliphatic carboxylic acids is 1. The van der Waals surface area contributed by atoms with Crippen molar-refractivity contribution >= 4 is 11.9 Å². The minimum Gasteiger partial charge on any atom is -0.493 e. The SMILES string of the molecule is Cc1ccc(C)c(OCCC(=O)N[C@@H]2CC[C@H](C(=O)O)C2)c1.